The van der Waals surface area contributed by atoms with Crippen LogP contribution >= 0.6 is 0 Å². The summed E-state index contributed by atoms with van der Waals surface area (Å²) in [5.74, 6) is -0.198. The number of hydrogen-bond donors (Lipinski definition) is 0. The van der Waals surface area contributed by atoms with Crippen molar-refractivity contribution in [3.63, 3.8) is 0 Å². The lowest BCUT2D eigenvalue weighted by molar-refractivity contribution is -0.133. The van der Waals surface area contributed by atoms with E-state index in [1.54, 1.807) is 19.1 Å². The topological polar surface area (TPSA) is 110 Å². The normalized spacial score (nSPS) is 19.6. The van der Waals surface area contributed by atoms with Crippen LogP contribution in [0.1, 0.15) is 43.7 Å². The van der Waals surface area contributed by atoms with Crippen LogP contribution in [0.15, 0.2) is 49.8 Å². The van der Waals surface area contributed by atoms with Gasteiger partial charge >= 0.3 is 5.97 Å². The van der Waals surface area contributed by atoms with Gasteiger partial charge in [0, 0.05) is 11.8 Å². The Morgan fingerprint density at radius 2 is 1.85 bits per heavy atom. The second kappa shape index (κ2) is 7.30. The van der Waals surface area contributed by atoms with E-state index < -0.39 is 21.5 Å². The van der Waals surface area contributed by atoms with Crippen LogP contribution in [0.5, 0.6) is 0 Å². The fraction of sp³-hybridized carbons (Fsp3) is 0.500. The van der Waals surface area contributed by atoms with Gasteiger partial charge in [0.15, 0.2) is 9.84 Å². The van der Waals surface area contributed by atoms with E-state index in [1.165, 1.54) is 13.2 Å². The first-order chi connectivity index (χ1) is 12.7. The average Bonchev–Trinajstić information content (AvgIpc) is 3.30. The van der Waals surface area contributed by atoms with Gasteiger partial charge in [-0.2, -0.15) is 0 Å². The van der Waals surface area contributed by atoms with Crippen molar-refractivity contribution in [2.45, 2.75) is 43.2 Å². The van der Waals surface area contributed by atoms with Crippen LogP contribution in [-0.4, -0.2) is 27.8 Å². The second-order valence-corrected chi connectivity index (χ2v) is 8.98. The summed E-state index contributed by atoms with van der Waals surface area (Å²) in [4.78, 5) is 12.4. The smallest absolute Gasteiger partial charge is 0.338 e. The predicted octanol–water partition coefficient (Wildman–Crippen LogP) is 3.84. The van der Waals surface area contributed by atoms with Gasteiger partial charge in [-0.05, 0) is 47.8 Å². The molecule has 1 aliphatic heterocycles. The zero-order chi connectivity index (χ0) is 19.7. The van der Waals surface area contributed by atoms with Gasteiger partial charge in [-0.3, -0.25) is 0 Å². The second-order valence-electron chi connectivity index (χ2n) is 7.00. The molecule has 1 saturated carbocycles. The van der Waals surface area contributed by atoms with E-state index in [4.69, 9.17) is 4.74 Å². The maximum Gasteiger partial charge on any atom is 0.338 e. The van der Waals surface area contributed by atoms with Crippen molar-refractivity contribution >= 4 is 21.4 Å². The van der Waals surface area contributed by atoms with Gasteiger partial charge in [-0.25, -0.2) is 13.2 Å². The van der Waals surface area contributed by atoms with Crippen LogP contribution in [0.3, 0.4) is 0 Å². The summed E-state index contributed by atoms with van der Waals surface area (Å²) in [7, 11) is -2.29. The number of methoxy groups -OCH3 is 1. The van der Waals surface area contributed by atoms with Crippen molar-refractivity contribution in [1.82, 2.24) is 0 Å². The molecule has 0 amide bonds. The molecule has 0 N–H and O–H groups in total. The lowest BCUT2D eigenvalue weighted by Crippen LogP contribution is -2.18. The van der Waals surface area contributed by atoms with Crippen molar-refractivity contribution in [2.75, 3.05) is 13.4 Å². The van der Waals surface area contributed by atoms with Gasteiger partial charge < -0.3 is 4.74 Å². The summed E-state index contributed by atoms with van der Waals surface area (Å²) in [6.45, 7) is 1.63. The van der Waals surface area contributed by atoms with Crippen molar-refractivity contribution in [1.29, 1.82) is 0 Å². The van der Waals surface area contributed by atoms with Crippen LogP contribution in [0.25, 0.3) is 5.57 Å². The molecule has 0 radical (unpaired) electrons. The number of hydrogen-bond acceptors (Lipinski definition) is 8. The molecular weight excluding hydrogens is 368 g/mol. The molecule has 0 unspecified atom stereocenters. The molecule has 0 saturated heterocycles. The summed E-state index contributed by atoms with van der Waals surface area (Å²) in [6.07, 6.45) is 7.28. The maximum absolute atomic E-state index is 12.4. The third-order valence-corrected chi connectivity index (χ3v) is 6.07. The van der Waals surface area contributed by atoms with Crippen molar-refractivity contribution in [2.24, 2.45) is 26.6 Å². The third kappa shape index (κ3) is 3.97. The van der Waals surface area contributed by atoms with Crippen molar-refractivity contribution in [3.05, 3.63) is 35.4 Å². The van der Waals surface area contributed by atoms with E-state index in [1.807, 2.05) is 6.08 Å². The van der Waals surface area contributed by atoms with Gasteiger partial charge in [0.25, 0.3) is 0 Å². The first-order valence-corrected chi connectivity index (χ1v) is 10.6. The highest BCUT2D eigenvalue weighted by Crippen LogP contribution is 2.38. The number of rotatable bonds is 5. The molecule has 1 heterocycles. The number of esters is 1. The molecule has 144 valence electrons. The van der Waals surface area contributed by atoms with E-state index in [-0.39, 0.29) is 10.8 Å². The monoisotopic (exact) mass is 390 g/mol. The Morgan fingerprint density at radius 1 is 1.22 bits per heavy atom. The fourth-order valence-corrected chi connectivity index (χ4v) is 4.48. The molecule has 1 fully saturated rings. The lowest BCUT2D eigenvalue weighted by Gasteiger charge is -2.19. The summed E-state index contributed by atoms with van der Waals surface area (Å²) < 4.78 is 29.8. The van der Waals surface area contributed by atoms with Crippen LogP contribution in [0.2, 0.25) is 0 Å². The van der Waals surface area contributed by atoms with Crippen molar-refractivity contribution < 1.29 is 17.9 Å². The highest BCUT2D eigenvalue weighted by Gasteiger charge is 2.35. The Morgan fingerprint density at radius 3 is 2.41 bits per heavy atom. The SMILES string of the molecule is COC(=O)/C(=C/C1CCCC1)c1ccc(C2(C)N=NN=N2)c(S(C)(=O)=O)c1. The first-order valence-electron chi connectivity index (χ1n) is 8.74. The molecule has 0 aromatic heterocycles. The fourth-order valence-electron chi connectivity index (χ4n) is 3.48. The first kappa shape index (κ1) is 19.3. The van der Waals surface area contributed by atoms with Gasteiger partial charge in [0.1, 0.15) is 0 Å². The number of ether oxygens (including phenoxy) is 1. The van der Waals surface area contributed by atoms with E-state index in [9.17, 15) is 13.2 Å². The average molecular weight is 390 g/mol. The zero-order valence-electron chi connectivity index (χ0n) is 15.5. The summed E-state index contributed by atoms with van der Waals surface area (Å²) in [6, 6.07) is 4.79. The van der Waals surface area contributed by atoms with Crippen LogP contribution in [-0.2, 0) is 25.0 Å². The minimum Gasteiger partial charge on any atom is -0.465 e. The number of allylic oxidation sites excluding steroid dienone is 1. The van der Waals surface area contributed by atoms with E-state index in [0.29, 0.717) is 16.7 Å². The van der Waals surface area contributed by atoms with Crippen LogP contribution in [0, 0.1) is 5.92 Å². The molecule has 2 aliphatic rings. The summed E-state index contributed by atoms with van der Waals surface area (Å²) >= 11 is 0. The Balaban J connectivity index is 2.14. The highest BCUT2D eigenvalue weighted by atomic mass is 32.2. The molecular formula is C18H22N4O4S. The molecule has 8 nitrogen and oxygen atoms in total. The van der Waals surface area contributed by atoms with E-state index >= 15 is 0 Å². The van der Waals surface area contributed by atoms with Crippen LogP contribution < -0.4 is 0 Å². The van der Waals surface area contributed by atoms with Crippen molar-refractivity contribution in [3.8, 4) is 0 Å². The lowest BCUT2D eigenvalue weighted by atomic mass is 9.95. The Hall–Kier alpha value is -2.42. The number of sulfone groups is 1. The predicted molar refractivity (Wildman–Crippen MR) is 98.6 cm³/mol. The molecule has 3 rings (SSSR count). The molecule has 1 aromatic carbocycles. The standard InChI is InChI=1S/C18H22N4O4S/c1-18(19-21-22-20-18)15-9-8-13(11-16(15)27(3,24)25)14(17(23)26-2)10-12-6-4-5-7-12/h8-12H,4-7H2,1-3H3/b14-10+. The Bertz CT molecular complexity index is 932. The minimum atomic E-state index is -3.61. The Kier molecular flexibility index (Phi) is 5.23. The summed E-state index contributed by atoms with van der Waals surface area (Å²) in [5, 5.41) is 14.9. The van der Waals surface area contributed by atoms with Gasteiger partial charge in [0.05, 0.1) is 17.6 Å². The number of carbonyl (C=O) groups excluding carboxylic acids is 1. The van der Waals surface area contributed by atoms with Crippen LogP contribution in [0.4, 0.5) is 0 Å². The molecule has 9 heteroatoms. The molecule has 0 spiro atoms. The molecule has 0 bridgehead atoms. The largest absolute Gasteiger partial charge is 0.465 e. The number of nitrogens with zero attached hydrogens (tertiary/aromatic N) is 4. The van der Waals surface area contributed by atoms with Gasteiger partial charge in [-0.1, -0.05) is 31.1 Å². The Labute approximate surface area is 158 Å². The number of carbonyl (C=O) groups is 1. The van der Waals surface area contributed by atoms with E-state index in [0.717, 1.165) is 31.9 Å². The minimum absolute atomic E-state index is 0.0449. The van der Waals surface area contributed by atoms with Gasteiger partial charge in [-0.15, -0.1) is 10.2 Å². The highest BCUT2D eigenvalue weighted by molar-refractivity contribution is 7.90. The molecule has 0 atom stereocenters. The third-order valence-electron chi connectivity index (χ3n) is 4.93. The van der Waals surface area contributed by atoms with E-state index in [2.05, 4.69) is 20.7 Å². The molecule has 1 aromatic rings. The van der Waals surface area contributed by atoms with Gasteiger partial charge in [0.2, 0.25) is 5.66 Å². The maximum atomic E-state index is 12.4. The molecule has 27 heavy (non-hydrogen) atoms. The summed E-state index contributed by atoms with van der Waals surface area (Å²) in [5.41, 5.74) is 0.0373. The number of benzene rings is 1. The quantitative estimate of drug-likeness (QED) is 0.562. The molecule has 1 aliphatic carbocycles. The zero-order valence-corrected chi connectivity index (χ0v) is 16.4.